The maximum Gasteiger partial charge on any atom is 0.238 e. The van der Waals surface area contributed by atoms with Crippen LogP contribution in [0.3, 0.4) is 0 Å². The van der Waals surface area contributed by atoms with Crippen molar-refractivity contribution in [3.05, 3.63) is 53.6 Å². The van der Waals surface area contributed by atoms with Crippen molar-refractivity contribution in [3.63, 3.8) is 0 Å². The number of hydrogen-bond donors (Lipinski definition) is 1. The van der Waals surface area contributed by atoms with E-state index in [1.807, 2.05) is 37.9 Å². The van der Waals surface area contributed by atoms with E-state index >= 15 is 0 Å². The molecule has 2 rings (SSSR count). The molecule has 146 valence electrons. The van der Waals surface area contributed by atoms with Gasteiger partial charge in [-0.05, 0) is 50.6 Å². The van der Waals surface area contributed by atoms with Crippen molar-refractivity contribution in [1.82, 2.24) is 4.90 Å². The Morgan fingerprint density at radius 1 is 0.963 bits per heavy atom. The van der Waals surface area contributed by atoms with E-state index in [1.165, 1.54) is 11.1 Å². The van der Waals surface area contributed by atoms with Gasteiger partial charge in [0.05, 0.1) is 25.4 Å². The fraction of sp³-hybridized carbons (Fsp3) is 0.409. The summed E-state index contributed by atoms with van der Waals surface area (Å²) in [5.74, 6) is 1.27. The molecule has 2 aromatic carbocycles. The van der Waals surface area contributed by atoms with Crippen LogP contribution in [0.4, 0.5) is 5.69 Å². The monoisotopic (exact) mass is 370 g/mol. The third kappa shape index (κ3) is 6.61. The molecule has 0 unspecified atom stereocenters. The quantitative estimate of drug-likeness (QED) is 0.684. The molecule has 0 aromatic heterocycles. The van der Waals surface area contributed by atoms with Crippen LogP contribution in [-0.2, 0) is 17.8 Å². The minimum absolute atomic E-state index is 0.0859. The summed E-state index contributed by atoms with van der Waals surface area (Å²) in [7, 11) is 1.94. The lowest BCUT2D eigenvalue weighted by Crippen LogP contribution is -2.30. The van der Waals surface area contributed by atoms with Crippen LogP contribution in [0.2, 0.25) is 0 Å². The predicted octanol–water partition coefficient (Wildman–Crippen LogP) is 4.12. The van der Waals surface area contributed by atoms with E-state index in [9.17, 15) is 4.79 Å². The molecule has 27 heavy (non-hydrogen) atoms. The molecule has 5 heteroatoms. The summed E-state index contributed by atoms with van der Waals surface area (Å²) in [4.78, 5) is 14.5. The molecule has 0 radical (unpaired) electrons. The SMILES string of the molecule is CCOc1ccc(OCC)c(NC(=O)CN(C)Cc2ccc(CC)cc2)c1. The average molecular weight is 370 g/mol. The van der Waals surface area contributed by atoms with Crippen molar-refractivity contribution in [1.29, 1.82) is 0 Å². The van der Waals surface area contributed by atoms with Gasteiger partial charge in [0.1, 0.15) is 11.5 Å². The van der Waals surface area contributed by atoms with Gasteiger partial charge in [0.15, 0.2) is 0 Å². The van der Waals surface area contributed by atoms with E-state index in [1.54, 1.807) is 6.07 Å². The number of carbonyl (C=O) groups is 1. The summed E-state index contributed by atoms with van der Waals surface area (Å²) in [6.45, 7) is 8.10. The van der Waals surface area contributed by atoms with Crippen molar-refractivity contribution in [2.45, 2.75) is 33.7 Å². The zero-order chi connectivity index (χ0) is 19.6. The number of aryl methyl sites for hydroxylation is 1. The number of amides is 1. The summed E-state index contributed by atoms with van der Waals surface area (Å²) in [5, 5.41) is 2.94. The predicted molar refractivity (Wildman–Crippen MR) is 110 cm³/mol. The number of rotatable bonds is 10. The molecule has 0 saturated carbocycles. The van der Waals surface area contributed by atoms with Gasteiger partial charge in [0.25, 0.3) is 0 Å². The van der Waals surface area contributed by atoms with Crippen molar-refractivity contribution < 1.29 is 14.3 Å². The van der Waals surface area contributed by atoms with Crippen LogP contribution in [0.1, 0.15) is 31.9 Å². The zero-order valence-corrected chi connectivity index (χ0v) is 16.7. The van der Waals surface area contributed by atoms with Gasteiger partial charge in [0, 0.05) is 12.6 Å². The normalized spacial score (nSPS) is 10.7. The molecule has 0 fully saturated rings. The van der Waals surface area contributed by atoms with Crippen LogP contribution in [0.15, 0.2) is 42.5 Å². The molecule has 2 aromatic rings. The van der Waals surface area contributed by atoms with E-state index < -0.39 is 0 Å². The maximum atomic E-state index is 12.5. The second kappa shape index (κ2) is 10.6. The minimum Gasteiger partial charge on any atom is -0.494 e. The van der Waals surface area contributed by atoms with Crippen LogP contribution in [0.25, 0.3) is 0 Å². The Kier molecular flexibility index (Phi) is 8.14. The van der Waals surface area contributed by atoms with E-state index in [2.05, 4.69) is 36.5 Å². The molecule has 0 aliphatic rings. The Hall–Kier alpha value is -2.53. The number of likely N-dealkylation sites (N-methyl/N-ethyl adjacent to an activating group) is 1. The van der Waals surface area contributed by atoms with E-state index in [-0.39, 0.29) is 5.91 Å². The molecule has 1 N–H and O–H groups in total. The van der Waals surface area contributed by atoms with E-state index in [0.29, 0.717) is 43.5 Å². The van der Waals surface area contributed by atoms with Gasteiger partial charge < -0.3 is 14.8 Å². The first-order valence-corrected chi connectivity index (χ1v) is 9.51. The number of benzene rings is 2. The molecular weight excluding hydrogens is 340 g/mol. The topological polar surface area (TPSA) is 50.8 Å². The molecule has 0 heterocycles. The number of ether oxygens (including phenoxy) is 2. The molecule has 0 atom stereocenters. The van der Waals surface area contributed by atoms with Gasteiger partial charge in [-0.25, -0.2) is 0 Å². The van der Waals surface area contributed by atoms with Crippen LogP contribution in [0.5, 0.6) is 11.5 Å². The second-order valence-corrected chi connectivity index (χ2v) is 6.41. The first-order valence-electron chi connectivity index (χ1n) is 9.51. The van der Waals surface area contributed by atoms with Crippen molar-refractivity contribution >= 4 is 11.6 Å². The van der Waals surface area contributed by atoms with Gasteiger partial charge in [-0.1, -0.05) is 31.2 Å². The number of nitrogens with one attached hydrogen (secondary N) is 1. The fourth-order valence-corrected chi connectivity index (χ4v) is 2.83. The Bertz CT molecular complexity index is 729. The van der Waals surface area contributed by atoms with Crippen LogP contribution in [0, 0.1) is 0 Å². The van der Waals surface area contributed by atoms with Gasteiger partial charge >= 0.3 is 0 Å². The van der Waals surface area contributed by atoms with E-state index in [0.717, 1.165) is 6.42 Å². The van der Waals surface area contributed by atoms with Crippen molar-refractivity contribution in [2.24, 2.45) is 0 Å². The molecule has 5 nitrogen and oxygen atoms in total. The Labute approximate surface area is 162 Å². The van der Waals surface area contributed by atoms with Crippen LogP contribution in [-0.4, -0.2) is 37.6 Å². The summed E-state index contributed by atoms with van der Waals surface area (Å²) < 4.78 is 11.1. The molecule has 0 saturated heterocycles. The highest BCUT2D eigenvalue weighted by Gasteiger charge is 2.12. The lowest BCUT2D eigenvalue weighted by Gasteiger charge is -2.18. The van der Waals surface area contributed by atoms with Crippen molar-refractivity contribution in [3.8, 4) is 11.5 Å². The summed E-state index contributed by atoms with van der Waals surface area (Å²) >= 11 is 0. The second-order valence-electron chi connectivity index (χ2n) is 6.41. The number of nitrogens with zero attached hydrogens (tertiary/aromatic N) is 1. The summed E-state index contributed by atoms with van der Waals surface area (Å²) in [5.41, 5.74) is 3.14. The molecule has 0 aliphatic heterocycles. The fourth-order valence-electron chi connectivity index (χ4n) is 2.83. The Morgan fingerprint density at radius 2 is 1.63 bits per heavy atom. The van der Waals surface area contributed by atoms with Crippen LogP contribution >= 0.6 is 0 Å². The smallest absolute Gasteiger partial charge is 0.238 e. The highest BCUT2D eigenvalue weighted by Crippen LogP contribution is 2.29. The lowest BCUT2D eigenvalue weighted by molar-refractivity contribution is -0.117. The van der Waals surface area contributed by atoms with Crippen molar-refractivity contribution in [2.75, 3.05) is 32.1 Å². The third-order valence-corrected chi connectivity index (χ3v) is 4.13. The first kappa shape index (κ1) is 20.8. The first-order chi connectivity index (χ1) is 13.0. The lowest BCUT2D eigenvalue weighted by atomic mass is 10.1. The third-order valence-electron chi connectivity index (χ3n) is 4.13. The Balaban J connectivity index is 1.97. The highest BCUT2D eigenvalue weighted by molar-refractivity contribution is 5.94. The summed E-state index contributed by atoms with van der Waals surface area (Å²) in [6, 6.07) is 14.0. The summed E-state index contributed by atoms with van der Waals surface area (Å²) in [6.07, 6.45) is 1.03. The number of carbonyl (C=O) groups excluding carboxylic acids is 1. The molecular formula is C22H30N2O3. The van der Waals surface area contributed by atoms with Gasteiger partial charge in [-0.3, -0.25) is 9.69 Å². The van der Waals surface area contributed by atoms with Gasteiger partial charge in [-0.15, -0.1) is 0 Å². The minimum atomic E-state index is -0.0859. The molecule has 0 bridgehead atoms. The molecule has 0 aliphatic carbocycles. The number of anilines is 1. The van der Waals surface area contributed by atoms with E-state index in [4.69, 9.17) is 9.47 Å². The average Bonchev–Trinajstić information content (AvgIpc) is 2.64. The number of hydrogen-bond acceptors (Lipinski definition) is 4. The van der Waals surface area contributed by atoms with Gasteiger partial charge in [0.2, 0.25) is 5.91 Å². The van der Waals surface area contributed by atoms with Crippen LogP contribution < -0.4 is 14.8 Å². The Morgan fingerprint density at radius 3 is 2.26 bits per heavy atom. The molecule has 1 amide bonds. The maximum absolute atomic E-state index is 12.5. The van der Waals surface area contributed by atoms with Gasteiger partial charge in [-0.2, -0.15) is 0 Å². The molecule has 0 spiro atoms. The largest absolute Gasteiger partial charge is 0.494 e. The standard InChI is InChI=1S/C22H30N2O3/c1-5-17-8-10-18(11-9-17)15-24(4)16-22(25)23-20-14-19(26-6-2)12-13-21(20)27-7-3/h8-14H,5-7,15-16H2,1-4H3,(H,23,25). The highest BCUT2D eigenvalue weighted by atomic mass is 16.5. The zero-order valence-electron chi connectivity index (χ0n) is 16.7.